The zero-order valence-electron chi connectivity index (χ0n) is 8.12. The second-order valence-electron chi connectivity index (χ2n) is 2.81. The largest absolute Gasteiger partial charge is 0.378 e. The Labute approximate surface area is 86.2 Å². The molecule has 0 N–H and O–H groups in total. The Morgan fingerprint density at radius 3 is 2.62 bits per heavy atom. The molecule has 0 radical (unpaired) electrons. The van der Waals surface area contributed by atoms with Crippen molar-refractivity contribution in [2.45, 2.75) is 13.8 Å². The number of carbonyl (C=O) groups excluding carboxylic acids is 1. The molecule has 0 aliphatic heterocycles. The molecule has 0 aliphatic rings. The second kappa shape index (κ2) is 8.95. The smallest absolute Gasteiger partial charge is 0.191 e. The molecule has 0 aromatic carbocycles. The minimum Gasteiger partial charge on any atom is -0.378 e. The highest BCUT2D eigenvalue weighted by Crippen LogP contribution is 2.09. The molecule has 0 bridgehead atoms. The standard InChI is InChI=1S/C8H17O3PS/c1-7(2)8(9)13-6-5-10-3-4-11-12/h7H,3-6,12H2,1-2H3. The first kappa shape index (κ1) is 13.4. The van der Waals surface area contributed by atoms with E-state index in [2.05, 4.69) is 9.47 Å². The van der Waals surface area contributed by atoms with Crippen LogP contribution in [-0.4, -0.2) is 30.7 Å². The Bertz CT molecular complexity index is 141. The van der Waals surface area contributed by atoms with Gasteiger partial charge in [-0.15, -0.1) is 0 Å². The highest BCUT2D eigenvalue weighted by Gasteiger charge is 2.06. The van der Waals surface area contributed by atoms with Crippen LogP contribution in [0, 0.1) is 5.92 Å². The number of hydrogen-bond donors (Lipinski definition) is 0. The average molecular weight is 224 g/mol. The van der Waals surface area contributed by atoms with Crippen LogP contribution in [0.1, 0.15) is 13.8 Å². The van der Waals surface area contributed by atoms with Crippen LogP contribution in [0.25, 0.3) is 0 Å². The molecule has 0 amide bonds. The Morgan fingerprint density at radius 1 is 1.38 bits per heavy atom. The van der Waals surface area contributed by atoms with Crippen LogP contribution in [-0.2, 0) is 14.1 Å². The van der Waals surface area contributed by atoms with Crippen LogP contribution in [0.2, 0.25) is 0 Å². The molecular formula is C8H17O3PS. The molecule has 0 saturated heterocycles. The van der Waals surface area contributed by atoms with Crippen LogP contribution < -0.4 is 0 Å². The van der Waals surface area contributed by atoms with E-state index in [1.165, 1.54) is 11.8 Å². The predicted octanol–water partition coefficient (Wildman–Crippen LogP) is 1.73. The summed E-state index contributed by atoms with van der Waals surface area (Å²) in [4.78, 5) is 11.1. The van der Waals surface area contributed by atoms with E-state index in [4.69, 9.17) is 9.26 Å². The molecule has 0 heterocycles. The van der Waals surface area contributed by atoms with E-state index in [1.54, 1.807) is 0 Å². The highest BCUT2D eigenvalue weighted by molar-refractivity contribution is 8.13. The van der Waals surface area contributed by atoms with E-state index in [0.717, 1.165) is 5.75 Å². The summed E-state index contributed by atoms with van der Waals surface area (Å²) < 4.78 is 9.92. The fraction of sp³-hybridized carbons (Fsp3) is 0.875. The minimum atomic E-state index is 0.111. The Hall–Kier alpha value is 0.370. The molecule has 1 atom stereocenters. The third-order valence-corrected chi connectivity index (χ3v) is 2.65. The SMILES string of the molecule is CC(C)C(=O)SCCOCCOP. The van der Waals surface area contributed by atoms with Gasteiger partial charge in [0, 0.05) is 21.1 Å². The molecule has 0 aromatic rings. The van der Waals surface area contributed by atoms with Crippen LogP contribution in [0.15, 0.2) is 0 Å². The summed E-state index contributed by atoms with van der Waals surface area (Å²) in [6.07, 6.45) is 0. The number of ether oxygens (including phenoxy) is 1. The molecule has 1 unspecified atom stereocenters. The molecule has 0 aromatic heterocycles. The molecule has 0 fully saturated rings. The number of rotatable bonds is 7. The first-order valence-corrected chi connectivity index (χ1v) is 5.70. The van der Waals surface area contributed by atoms with Gasteiger partial charge in [0.2, 0.25) is 0 Å². The van der Waals surface area contributed by atoms with Crippen LogP contribution in [0.5, 0.6) is 0 Å². The maximum Gasteiger partial charge on any atom is 0.191 e. The third-order valence-electron chi connectivity index (χ3n) is 1.29. The summed E-state index contributed by atoms with van der Waals surface area (Å²) in [6, 6.07) is 0. The molecule has 78 valence electrons. The lowest BCUT2D eigenvalue weighted by Crippen LogP contribution is -2.07. The molecular weight excluding hydrogens is 207 g/mol. The van der Waals surface area contributed by atoms with E-state index >= 15 is 0 Å². The van der Waals surface area contributed by atoms with Crippen molar-refractivity contribution >= 4 is 26.3 Å². The van der Waals surface area contributed by atoms with Gasteiger partial charge in [0.05, 0.1) is 19.8 Å². The van der Waals surface area contributed by atoms with Gasteiger partial charge in [0.1, 0.15) is 0 Å². The summed E-state index contributed by atoms with van der Waals surface area (Å²) in [7, 11) is 2.16. The number of hydrogen-bond acceptors (Lipinski definition) is 4. The predicted molar refractivity (Wildman–Crippen MR) is 58.8 cm³/mol. The first-order chi connectivity index (χ1) is 6.18. The van der Waals surface area contributed by atoms with E-state index in [1.807, 2.05) is 13.8 Å². The van der Waals surface area contributed by atoms with Gasteiger partial charge in [0.25, 0.3) is 0 Å². The number of thioether (sulfide) groups is 1. The monoisotopic (exact) mass is 224 g/mol. The summed E-state index contributed by atoms with van der Waals surface area (Å²) in [6.45, 7) is 5.57. The Kier molecular flexibility index (Phi) is 9.20. The maximum atomic E-state index is 11.1. The van der Waals surface area contributed by atoms with Gasteiger partial charge in [-0.2, -0.15) is 0 Å². The molecule has 0 rings (SSSR count). The fourth-order valence-corrected chi connectivity index (χ4v) is 1.41. The molecule has 0 aliphatic carbocycles. The van der Waals surface area contributed by atoms with Gasteiger partial charge in [-0.05, 0) is 0 Å². The highest BCUT2D eigenvalue weighted by atomic mass is 32.2. The van der Waals surface area contributed by atoms with E-state index in [9.17, 15) is 4.79 Å². The van der Waals surface area contributed by atoms with Gasteiger partial charge < -0.3 is 9.26 Å². The van der Waals surface area contributed by atoms with E-state index < -0.39 is 0 Å². The summed E-state index contributed by atoms with van der Waals surface area (Å²) >= 11 is 1.33. The van der Waals surface area contributed by atoms with Gasteiger partial charge in [-0.1, -0.05) is 25.6 Å². The zero-order chi connectivity index (χ0) is 10.1. The Balaban J connectivity index is 3.12. The van der Waals surface area contributed by atoms with Crippen LogP contribution >= 0.6 is 21.2 Å². The molecule has 0 saturated carbocycles. The maximum absolute atomic E-state index is 11.1. The Morgan fingerprint density at radius 2 is 2.08 bits per heavy atom. The van der Waals surface area contributed by atoms with Crippen LogP contribution in [0.3, 0.4) is 0 Å². The summed E-state index contributed by atoms with van der Waals surface area (Å²) in [5.74, 6) is 0.841. The normalized spacial score (nSPS) is 10.8. The second-order valence-corrected chi connectivity index (χ2v) is 4.24. The van der Waals surface area contributed by atoms with Gasteiger partial charge in [-0.25, -0.2) is 0 Å². The third kappa shape index (κ3) is 8.69. The average Bonchev–Trinajstić information content (AvgIpc) is 2.10. The van der Waals surface area contributed by atoms with E-state index in [0.29, 0.717) is 19.8 Å². The summed E-state index contributed by atoms with van der Waals surface area (Å²) in [5, 5.41) is 0.228. The van der Waals surface area contributed by atoms with Crippen molar-refractivity contribution in [3.05, 3.63) is 0 Å². The van der Waals surface area contributed by atoms with Crippen molar-refractivity contribution in [3.8, 4) is 0 Å². The van der Waals surface area contributed by atoms with Crippen molar-refractivity contribution in [1.82, 2.24) is 0 Å². The lowest BCUT2D eigenvalue weighted by Gasteiger charge is -2.04. The lowest BCUT2D eigenvalue weighted by atomic mass is 10.3. The zero-order valence-corrected chi connectivity index (χ0v) is 10.1. The molecule has 0 spiro atoms. The minimum absolute atomic E-state index is 0.111. The van der Waals surface area contributed by atoms with Crippen molar-refractivity contribution in [1.29, 1.82) is 0 Å². The van der Waals surface area contributed by atoms with E-state index in [-0.39, 0.29) is 11.0 Å². The molecule has 5 heteroatoms. The molecule has 13 heavy (non-hydrogen) atoms. The fourth-order valence-electron chi connectivity index (χ4n) is 0.577. The van der Waals surface area contributed by atoms with Gasteiger partial charge >= 0.3 is 0 Å². The van der Waals surface area contributed by atoms with Crippen molar-refractivity contribution < 1.29 is 14.1 Å². The van der Waals surface area contributed by atoms with Gasteiger partial charge in [-0.3, -0.25) is 4.79 Å². The van der Waals surface area contributed by atoms with Crippen LogP contribution in [0.4, 0.5) is 0 Å². The number of carbonyl (C=O) groups is 1. The lowest BCUT2D eigenvalue weighted by molar-refractivity contribution is -0.113. The van der Waals surface area contributed by atoms with Crippen molar-refractivity contribution in [2.24, 2.45) is 5.92 Å². The van der Waals surface area contributed by atoms with Crippen molar-refractivity contribution in [2.75, 3.05) is 25.6 Å². The topological polar surface area (TPSA) is 35.5 Å². The summed E-state index contributed by atoms with van der Waals surface area (Å²) in [5.41, 5.74) is 0. The first-order valence-electron chi connectivity index (χ1n) is 4.24. The van der Waals surface area contributed by atoms with Gasteiger partial charge in [0.15, 0.2) is 5.12 Å². The quantitative estimate of drug-likeness (QED) is 0.487. The van der Waals surface area contributed by atoms with Crippen molar-refractivity contribution in [3.63, 3.8) is 0 Å². The molecule has 3 nitrogen and oxygen atoms in total.